The van der Waals surface area contributed by atoms with Crippen LogP contribution in [-0.2, 0) is 18.4 Å². The first-order valence-corrected chi connectivity index (χ1v) is 9.89. The molecule has 0 aliphatic rings. The van der Waals surface area contributed by atoms with Gasteiger partial charge in [-0.1, -0.05) is 54.1 Å². The Bertz CT molecular complexity index is 1110. The van der Waals surface area contributed by atoms with Crippen molar-refractivity contribution in [3.63, 3.8) is 0 Å². The van der Waals surface area contributed by atoms with Gasteiger partial charge in [0.05, 0.1) is 12.2 Å². The van der Waals surface area contributed by atoms with Gasteiger partial charge in [0.15, 0.2) is 0 Å². The first-order valence-electron chi connectivity index (χ1n) is 9.89. The largest absolute Gasteiger partial charge is 0.350 e. The fourth-order valence-corrected chi connectivity index (χ4v) is 3.81. The third kappa shape index (κ3) is 4.21. The van der Waals surface area contributed by atoms with Crippen LogP contribution in [0.5, 0.6) is 0 Å². The minimum Gasteiger partial charge on any atom is -0.350 e. The predicted molar refractivity (Wildman–Crippen MR) is 117 cm³/mol. The molecule has 0 unspecified atom stereocenters. The number of nitrogens with zero attached hydrogens (tertiary/aromatic N) is 2. The van der Waals surface area contributed by atoms with E-state index in [0.29, 0.717) is 13.0 Å². The standard InChI is InChI=1S/C25H25N3O/c1-18-10-12-19(13-11-18)22(15-25(29)27-16-20-7-5-6-14-26-20)23-17-28(2)24-9-4-3-8-21(23)24/h3-14,17,22H,15-16H2,1-2H3,(H,27,29)/t22-/m0/s1. The molecule has 0 aliphatic carbocycles. The molecule has 2 aromatic heterocycles. The van der Waals surface area contributed by atoms with Gasteiger partial charge in [-0.15, -0.1) is 0 Å². The number of carbonyl (C=O) groups excluding carboxylic acids is 1. The lowest BCUT2D eigenvalue weighted by Gasteiger charge is -2.17. The van der Waals surface area contributed by atoms with Crippen molar-refractivity contribution in [1.82, 2.24) is 14.9 Å². The normalized spacial score (nSPS) is 12.1. The van der Waals surface area contributed by atoms with Gasteiger partial charge in [-0.2, -0.15) is 0 Å². The minimum atomic E-state index is -0.00886. The Morgan fingerprint density at radius 3 is 2.55 bits per heavy atom. The number of hydrogen-bond donors (Lipinski definition) is 1. The van der Waals surface area contributed by atoms with Crippen LogP contribution in [0.4, 0.5) is 0 Å². The van der Waals surface area contributed by atoms with E-state index in [0.717, 1.165) is 11.3 Å². The maximum atomic E-state index is 12.8. The SMILES string of the molecule is Cc1ccc([C@H](CC(=O)NCc2ccccn2)c2cn(C)c3ccccc23)cc1. The highest BCUT2D eigenvalue weighted by Gasteiger charge is 2.22. The fraction of sp³-hybridized carbons (Fsp3) is 0.200. The van der Waals surface area contributed by atoms with Crippen molar-refractivity contribution in [2.75, 3.05) is 0 Å². The molecule has 2 aromatic carbocycles. The zero-order chi connectivity index (χ0) is 20.2. The Morgan fingerprint density at radius 1 is 1.03 bits per heavy atom. The van der Waals surface area contributed by atoms with Crippen LogP contribution in [0.2, 0.25) is 0 Å². The number of para-hydroxylation sites is 1. The molecule has 0 saturated heterocycles. The van der Waals surface area contributed by atoms with Crippen molar-refractivity contribution < 1.29 is 4.79 Å². The van der Waals surface area contributed by atoms with E-state index in [9.17, 15) is 4.79 Å². The summed E-state index contributed by atoms with van der Waals surface area (Å²) in [6.45, 7) is 2.52. The van der Waals surface area contributed by atoms with Gasteiger partial charge < -0.3 is 9.88 Å². The highest BCUT2D eigenvalue weighted by Crippen LogP contribution is 2.34. The number of amides is 1. The van der Waals surface area contributed by atoms with Crippen molar-refractivity contribution >= 4 is 16.8 Å². The average molecular weight is 383 g/mol. The topological polar surface area (TPSA) is 46.9 Å². The van der Waals surface area contributed by atoms with Gasteiger partial charge in [-0.05, 0) is 36.2 Å². The second-order valence-corrected chi connectivity index (χ2v) is 7.48. The number of hydrogen-bond acceptors (Lipinski definition) is 2. The van der Waals surface area contributed by atoms with Gasteiger partial charge in [0.2, 0.25) is 5.91 Å². The summed E-state index contributed by atoms with van der Waals surface area (Å²) >= 11 is 0. The lowest BCUT2D eigenvalue weighted by molar-refractivity contribution is -0.121. The first-order chi connectivity index (χ1) is 14.1. The van der Waals surface area contributed by atoms with Crippen LogP contribution in [0.1, 0.15) is 34.7 Å². The molecule has 0 bridgehead atoms. The summed E-state index contributed by atoms with van der Waals surface area (Å²) in [7, 11) is 2.05. The van der Waals surface area contributed by atoms with Crippen LogP contribution >= 0.6 is 0 Å². The molecule has 4 heteroatoms. The second kappa shape index (κ2) is 8.31. The summed E-state index contributed by atoms with van der Waals surface area (Å²) in [4.78, 5) is 17.1. The number of carbonyl (C=O) groups is 1. The van der Waals surface area contributed by atoms with Crippen molar-refractivity contribution in [2.45, 2.75) is 25.8 Å². The van der Waals surface area contributed by atoms with Crippen LogP contribution < -0.4 is 5.32 Å². The monoisotopic (exact) mass is 383 g/mol. The molecule has 0 saturated carbocycles. The molecule has 29 heavy (non-hydrogen) atoms. The smallest absolute Gasteiger partial charge is 0.221 e. The number of rotatable bonds is 6. The van der Waals surface area contributed by atoms with Gasteiger partial charge in [0.1, 0.15) is 0 Å². The van der Waals surface area contributed by atoms with E-state index >= 15 is 0 Å². The van der Waals surface area contributed by atoms with Crippen molar-refractivity contribution in [2.24, 2.45) is 7.05 Å². The zero-order valence-electron chi connectivity index (χ0n) is 16.8. The van der Waals surface area contributed by atoms with Crippen LogP contribution in [0.25, 0.3) is 10.9 Å². The summed E-state index contributed by atoms with van der Waals surface area (Å²) in [5.74, 6) is 0.0135. The molecule has 4 nitrogen and oxygen atoms in total. The molecular formula is C25H25N3O. The first kappa shape index (κ1) is 18.9. The van der Waals surface area contributed by atoms with Crippen LogP contribution in [-0.4, -0.2) is 15.5 Å². The Balaban J connectivity index is 1.63. The maximum Gasteiger partial charge on any atom is 0.221 e. The van der Waals surface area contributed by atoms with Crippen LogP contribution in [0.15, 0.2) is 79.1 Å². The summed E-state index contributed by atoms with van der Waals surface area (Å²) in [5, 5.41) is 4.22. The Kier molecular flexibility index (Phi) is 5.43. The van der Waals surface area contributed by atoms with E-state index in [1.807, 2.05) is 24.3 Å². The lowest BCUT2D eigenvalue weighted by atomic mass is 9.87. The van der Waals surface area contributed by atoms with Crippen LogP contribution in [0, 0.1) is 6.92 Å². The number of benzene rings is 2. The molecule has 0 radical (unpaired) electrons. The quantitative estimate of drug-likeness (QED) is 0.524. The molecular weight excluding hydrogens is 358 g/mol. The fourth-order valence-electron chi connectivity index (χ4n) is 3.81. The number of pyridine rings is 1. The highest BCUT2D eigenvalue weighted by atomic mass is 16.1. The predicted octanol–water partition coefficient (Wildman–Crippen LogP) is 4.72. The molecule has 2 heterocycles. The van der Waals surface area contributed by atoms with Gasteiger partial charge in [-0.25, -0.2) is 0 Å². The summed E-state index contributed by atoms with van der Waals surface area (Å²) in [5.41, 5.74) is 5.58. The molecule has 0 fully saturated rings. The van der Waals surface area contributed by atoms with E-state index < -0.39 is 0 Å². The molecule has 0 spiro atoms. The van der Waals surface area contributed by atoms with Crippen molar-refractivity contribution in [3.05, 3.63) is 102 Å². The lowest BCUT2D eigenvalue weighted by Crippen LogP contribution is -2.25. The summed E-state index contributed by atoms with van der Waals surface area (Å²) in [6, 6.07) is 22.6. The number of aromatic nitrogens is 2. The third-order valence-corrected chi connectivity index (χ3v) is 5.37. The Morgan fingerprint density at radius 2 is 1.79 bits per heavy atom. The van der Waals surface area contributed by atoms with Crippen molar-refractivity contribution in [3.8, 4) is 0 Å². The molecule has 1 N–H and O–H groups in total. The molecule has 0 aliphatic heterocycles. The van der Waals surface area contributed by atoms with Gasteiger partial charge in [-0.3, -0.25) is 9.78 Å². The third-order valence-electron chi connectivity index (χ3n) is 5.37. The van der Waals surface area contributed by atoms with Crippen LogP contribution in [0.3, 0.4) is 0 Å². The number of fused-ring (bicyclic) bond motifs is 1. The van der Waals surface area contributed by atoms with Crippen molar-refractivity contribution in [1.29, 1.82) is 0 Å². The summed E-state index contributed by atoms with van der Waals surface area (Å²) < 4.78 is 2.14. The Hall–Kier alpha value is -3.40. The second-order valence-electron chi connectivity index (χ2n) is 7.48. The van der Waals surface area contributed by atoms with E-state index in [-0.39, 0.29) is 11.8 Å². The molecule has 4 aromatic rings. The van der Waals surface area contributed by atoms with E-state index in [1.54, 1.807) is 6.20 Å². The number of aryl methyl sites for hydroxylation is 2. The van der Waals surface area contributed by atoms with E-state index in [1.165, 1.54) is 22.0 Å². The maximum absolute atomic E-state index is 12.8. The van der Waals surface area contributed by atoms with E-state index in [2.05, 4.69) is 77.5 Å². The summed E-state index contributed by atoms with van der Waals surface area (Å²) in [6.07, 6.45) is 4.29. The molecule has 1 amide bonds. The molecule has 1 atom stereocenters. The number of nitrogens with one attached hydrogen (secondary N) is 1. The molecule has 4 rings (SSSR count). The van der Waals surface area contributed by atoms with Gasteiger partial charge in [0.25, 0.3) is 0 Å². The zero-order valence-corrected chi connectivity index (χ0v) is 16.8. The van der Waals surface area contributed by atoms with Gasteiger partial charge >= 0.3 is 0 Å². The molecule has 146 valence electrons. The van der Waals surface area contributed by atoms with E-state index in [4.69, 9.17) is 0 Å². The Labute approximate surface area is 171 Å². The average Bonchev–Trinajstić information content (AvgIpc) is 3.09. The van der Waals surface area contributed by atoms with Gasteiger partial charge in [0, 0.05) is 42.7 Å². The highest BCUT2D eigenvalue weighted by molar-refractivity contribution is 5.86. The minimum absolute atomic E-state index is 0.00886.